The number of ether oxygens (including phenoxy) is 1. The van der Waals surface area contributed by atoms with Crippen molar-refractivity contribution in [1.29, 1.82) is 0 Å². The Kier molecular flexibility index (Phi) is 8.20. The first kappa shape index (κ1) is 14.3. The van der Waals surface area contributed by atoms with E-state index >= 15 is 0 Å². The molecule has 0 fully saturated rings. The summed E-state index contributed by atoms with van der Waals surface area (Å²) in [6, 6.07) is 0. The maximum absolute atomic E-state index is 11.2. The summed E-state index contributed by atoms with van der Waals surface area (Å²) in [4.78, 5) is 22.0. The van der Waals surface area contributed by atoms with Crippen molar-refractivity contribution in [2.24, 2.45) is 0 Å². The van der Waals surface area contributed by atoms with Gasteiger partial charge in [-0.3, -0.25) is 4.79 Å². The Hall–Kier alpha value is -0.693. The third-order valence-electron chi connectivity index (χ3n) is 1.29. The van der Waals surface area contributed by atoms with Gasteiger partial charge in [0.15, 0.2) is 0 Å². The van der Waals surface area contributed by atoms with E-state index in [1.165, 1.54) is 11.8 Å². The summed E-state index contributed by atoms with van der Waals surface area (Å²) in [5.41, 5.74) is 0. The second kappa shape index (κ2) is 8.60. The van der Waals surface area contributed by atoms with Gasteiger partial charge in [-0.25, -0.2) is 4.79 Å². The maximum atomic E-state index is 11.2. The van der Waals surface area contributed by atoms with E-state index in [2.05, 4.69) is 28.5 Å². The van der Waals surface area contributed by atoms with Crippen LogP contribution in [0.4, 0.5) is 9.59 Å². The van der Waals surface area contributed by atoms with Gasteiger partial charge in [-0.1, -0.05) is 24.9 Å². The first-order valence-electron chi connectivity index (χ1n) is 4.87. The van der Waals surface area contributed by atoms with E-state index in [-0.39, 0.29) is 11.9 Å². The van der Waals surface area contributed by atoms with Crippen molar-refractivity contribution in [2.75, 3.05) is 18.7 Å². The van der Waals surface area contributed by atoms with Crippen molar-refractivity contribution in [3.8, 4) is 0 Å². The highest BCUT2D eigenvalue weighted by Crippen LogP contribution is 2.02. The lowest BCUT2D eigenvalue weighted by molar-refractivity contribution is 0.152. The molecule has 7 heteroatoms. The van der Waals surface area contributed by atoms with Crippen LogP contribution in [0, 0.1) is 0 Å². The van der Waals surface area contributed by atoms with Crippen LogP contribution in [0.25, 0.3) is 0 Å². The molecule has 15 heavy (non-hydrogen) atoms. The molecule has 0 aliphatic rings. The van der Waals surface area contributed by atoms with Crippen LogP contribution in [0.1, 0.15) is 6.92 Å². The number of nitrogens with one attached hydrogen (secondary N) is 2. The molecule has 0 aromatic carbocycles. The number of alkyl carbamates (subject to hydrolysis) is 1. The minimum Gasteiger partial charge on any atom is -0.450 e. The molecule has 0 atom stereocenters. The Morgan fingerprint density at radius 1 is 1.33 bits per heavy atom. The van der Waals surface area contributed by atoms with E-state index in [9.17, 15) is 9.59 Å². The number of hydrogen-bond donors (Lipinski definition) is 2. The van der Waals surface area contributed by atoms with Crippen LogP contribution in [-0.4, -0.2) is 38.8 Å². The van der Waals surface area contributed by atoms with E-state index in [0.717, 1.165) is 5.38 Å². The minimum absolute atomic E-state index is 0.104. The Morgan fingerprint density at radius 2 is 2.00 bits per heavy atom. The molecule has 2 N–H and O–H groups in total. The first-order valence-corrected chi connectivity index (χ1v) is 8.98. The van der Waals surface area contributed by atoms with Gasteiger partial charge in [-0.05, 0) is 12.3 Å². The van der Waals surface area contributed by atoms with Crippen LogP contribution < -0.4 is 10.6 Å². The molecule has 2 amide bonds. The summed E-state index contributed by atoms with van der Waals surface area (Å²) in [7, 11) is -0.701. The molecular formula is C8H18N2O3SSi. The lowest BCUT2D eigenvalue weighted by Gasteiger charge is -2.07. The SMILES string of the molecule is CCOC(=O)NCNC(=O)SC[SiH](C)C. The van der Waals surface area contributed by atoms with Crippen LogP contribution in [-0.2, 0) is 4.74 Å². The number of thioether (sulfide) groups is 1. The van der Waals surface area contributed by atoms with Gasteiger partial charge in [0.1, 0.15) is 0 Å². The predicted octanol–water partition coefficient (Wildman–Crippen LogP) is 1.16. The molecule has 5 nitrogen and oxygen atoms in total. The van der Waals surface area contributed by atoms with Crippen LogP contribution in [0.3, 0.4) is 0 Å². The molecular weight excluding hydrogens is 232 g/mol. The van der Waals surface area contributed by atoms with Gasteiger partial charge in [0, 0.05) is 8.80 Å². The minimum atomic E-state index is -0.701. The zero-order chi connectivity index (χ0) is 11.7. The molecule has 0 aliphatic carbocycles. The average Bonchev–Trinajstić information content (AvgIpc) is 2.15. The Labute approximate surface area is 95.9 Å². The number of carbonyl (C=O) groups is 2. The van der Waals surface area contributed by atoms with Crippen molar-refractivity contribution >= 4 is 31.9 Å². The van der Waals surface area contributed by atoms with Crippen molar-refractivity contribution in [3.63, 3.8) is 0 Å². The van der Waals surface area contributed by atoms with Gasteiger partial charge >= 0.3 is 6.09 Å². The number of amides is 2. The lowest BCUT2D eigenvalue weighted by atomic mass is 10.8. The highest BCUT2D eigenvalue weighted by atomic mass is 32.2. The molecule has 88 valence electrons. The van der Waals surface area contributed by atoms with Crippen molar-refractivity contribution in [2.45, 2.75) is 20.0 Å². The van der Waals surface area contributed by atoms with Crippen LogP contribution in [0.5, 0.6) is 0 Å². The second-order valence-electron chi connectivity index (χ2n) is 3.24. The number of hydrogen-bond acceptors (Lipinski definition) is 4. The summed E-state index contributed by atoms with van der Waals surface area (Å²) < 4.78 is 4.62. The molecule has 0 aliphatic heterocycles. The van der Waals surface area contributed by atoms with E-state index in [1.807, 2.05) is 0 Å². The first-order chi connectivity index (χ1) is 7.06. The van der Waals surface area contributed by atoms with Crippen LogP contribution in [0.2, 0.25) is 13.1 Å². The van der Waals surface area contributed by atoms with Crippen molar-refractivity contribution < 1.29 is 14.3 Å². The Bertz CT molecular complexity index is 214. The summed E-state index contributed by atoms with van der Waals surface area (Å²) in [6.45, 7) is 6.52. The molecule has 0 spiro atoms. The van der Waals surface area contributed by atoms with Gasteiger partial charge in [0.05, 0.1) is 13.3 Å². The third kappa shape index (κ3) is 9.61. The lowest BCUT2D eigenvalue weighted by Crippen LogP contribution is -2.36. The molecule has 0 unspecified atom stereocenters. The molecule has 0 radical (unpaired) electrons. The molecule has 0 aromatic rings. The van der Waals surface area contributed by atoms with E-state index in [4.69, 9.17) is 0 Å². The van der Waals surface area contributed by atoms with Crippen molar-refractivity contribution in [3.05, 3.63) is 0 Å². The maximum Gasteiger partial charge on any atom is 0.408 e. The van der Waals surface area contributed by atoms with Gasteiger partial charge in [-0.15, -0.1) is 0 Å². The number of carbonyl (C=O) groups excluding carboxylic acids is 2. The highest BCUT2D eigenvalue weighted by molar-refractivity contribution is 8.14. The number of rotatable bonds is 5. The fourth-order valence-corrected chi connectivity index (χ4v) is 2.78. The highest BCUT2D eigenvalue weighted by Gasteiger charge is 2.05. The van der Waals surface area contributed by atoms with Crippen LogP contribution >= 0.6 is 11.8 Å². The van der Waals surface area contributed by atoms with Crippen molar-refractivity contribution in [1.82, 2.24) is 10.6 Å². The zero-order valence-electron chi connectivity index (χ0n) is 9.33. The molecule has 0 saturated carbocycles. The van der Waals surface area contributed by atoms with Gasteiger partial charge in [0.25, 0.3) is 5.24 Å². The second-order valence-corrected chi connectivity index (χ2v) is 8.02. The topological polar surface area (TPSA) is 67.4 Å². The fourth-order valence-electron chi connectivity index (χ4n) is 0.664. The largest absolute Gasteiger partial charge is 0.450 e. The Morgan fingerprint density at radius 3 is 2.53 bits per heavy atom. The van der Waals surface area contributed by atoms with Gasteiger partial charge in [0.2, 0.25) is 0 Å². The quantitative estimate of drug-likeness (QED) is 0.567. The van der Waals surface area contributed by atoms with Gasteiger partial charge in [-0.2, -0.15) is 0 Å². The predicted molar refractivity (Wildman–Crippen MR) is 64.9 cm³/mol. The molecule has 0 aromatic heterocycles. The van der Waals surface area contributed by atoms with Crippen LogP contribution in [0.15, 0.2) is 0 Å². The van der Waals surface area contributed by atoms with E-state index in [0.29, 0.717) is 6.61 Å². The fraction of sp³-hybridized carbons (Fsp3) is 0.750. The molecule has 0 saturated heterocycles. The zero-order valence-corrected chi connectivity index (χ0v) is 11.3. The molecule has 0 heterocycles. The molecule has 0 rings (SSSR count). The summed E-state index contributed by atoms with van der Waals surface area (Å²) in [5, 5.41) is 5.77. The Balaban J connectivity index is 3.42. The summed E-state index contributed by atoms with van der Waals surface area (Å²) >= 11 is 1.27. The summed E-state index contributed by atoms with van der Waals surface area (Å²) in [5.74, 6) is 0. The normalized spacial score (nSPS) is 9.87. The monoisotopic (exact) mass is 250 g/mol. The van der Waals surface area contributed by atoms with Gasteiger partial charge < -0.3 is 15.4 Å². The molecule has 0 bridgehead atoms. The van der Waals surface area contributed by atoms with E-state index in [1.54, 1.807) is 6.92 Å². The summed E-state index contributed by atoms with van der Waals surface area (Å²) in [6.07, 6.45) is -0.513. The average molecular weight is 250 g/mol. The third-order valence-corrected chi connectivity index (χ3v) is 5.03. The smallest absolute Gasteiger partial charge is 0.408 e. The van der Waals surface area contributed by atoms with E-state index < -0.39 is 14.9 Å². The standard InChI is InChI=1S/C8H18N2O3SSi/c1-4-13-7(11)9-5-10-8(12)14-6-15(2)3/h15H,4-6H2,1-3H3,(H,9,11)(H,10,12).